The number of hydrogen-bond donors (Lipinski definition) is 3. The van der Waals surface area contributed by atoms with Crippen LogP contribution in [0.25, 0.3) is 0 Å². The van der Waals surface area contributed by atoms with Crippen molar-refractivity contribution in [3.8, 4) is 0 Å². The lowest BCUT2D eigenvalue weighted by atomic mass is 9.80. The number of carbonyl (C=O) groups is 3. The zero-order valence-electron chi connectivity index (χ0n) is 13.1. The molecular weight excluding hydrogens is 284 g/mol. The average Bonchev–Trinajstić information content (AvgIpc) is 2.39. The SMILES string of the molecule is CC[C@@](C)(CC(=O)O)CC(=O)Nc1ccc(NC(C)=O)cc1. The van der Waals surface area contributed by atoms with Crippen molar-refractivity contribution < 1.29 is 19.5 Å². The number of carbonyl (C=O) groups excluding carboxylic acids is 2. The highest BCUT2D eigenvalue weighted by Crippen LogP contribution is 2.30. The highest BCUT2D eigenvalue weighted by Gasteiger charge is 2.28. The van der Waals surface area contributed by atoms with Gasteiger partial charge < -0.3 is 15.7 Å². The Balaban J connectivity index is 2.64. The first kappa shape index (κ1) is 17.7. The van der Waals surface area contributed by atoms with Crippen LogP contribution in [0.4, 0.5) is 11.4 Å². The summed E-state index contributed by atoms with van der Waals surface area (Å²) in [7, 11) is 0. The van der Waals surface area contributed by atoms with E-state index in [1.165, 1.54) is 6.92 Å². The van der Waals surface area contributed by atoms with Crippen molar-refractivity contribution in [2.45, 2.75) is 40.0 Å². The molecule has 6 nitrogen and oxygen atoms in total. The van der Waals surface area contributed by atoms with Crippen LogP contribution in [0.1, 0.15) is 40.0 Å². The van der Waals surface area contributed by atoms with Crippen LogP contribution in [0, 0.1) is 5.41 Å². The van der Waals surface area contributed by atoms with Crippen molar-refractivity contribution in [1.82, 2.24) is 0 Å². The second-order valence-electron chi connectivity index (χ2n) is 5.72. The Morgan fingerprint density at radius 1 is 1.05 bits per heavy atom. The molecule has 0 radical (unpaired) electrons. The molecule has 0 saturated carbocycles. The number of amides is 2. The Labute approximate surface area is 129 Å². The summed E-state index contributed by atoms with van der Waals surface area (Å²) < 4.78 is 0. The Kier molecular flexibility index (Phi) is 6.10. The number of rotatable bonds is 7. The smallest absolute Gasteiger partial charge is 0.303 e. The summed E-state index contributed by atoms with van der Waals surface area (Å²) in [6.45, 7) is 5.09. The molecule has 1 rings (SSSR count). The number of anilines is 2. The van der Waals surface area contributed by atoms with Crippen LogP contribution in [0.15, 0.2) is 24.3 Å². The number of aliphatic carboxylic acids is 1. The Hall–Kier alpha value is -2.37. The third-order valence-electron chi connectivity index (χ3n) is 3.51. The fraction of sp³-hybridized carbons (Fsp3) is 0.438. The van der Waals surface area contributed by atoms with Gasteiger partial charge in [0.2, 0.25) is 11.8 Å². The molecule has 0 fully saturated rings. The predicted molar refractivity (Wildman–Crippen MR) is 84.6 cm³/mol. The van der Waals surface area contributed by atoms with Gasteiger partial charge in [-0.15, -0.1) is 0 Å². The molecule has 6 heteroatoms. The average molecular weight is 306 g/mol. The maximum atomic E-state index is 12.1. The standard InChI is InChI=1S/C16H22N2O4/c1-4-16(3,10-15(21)22)9-14(20)18-13-7-5-12(6-8-13)17-11(2)19/h5-8H,4,9-10H2,1-3H3,(H,17,19)(H,18,20)(H,21,22)/t16-/m1/s1. The van der Waals surface area contributed by atoms with Gasteiger partial charge in [0, 0.05) is 24.7 Å². The molecule has 0 saturated heterocycles. The van der Waals surface area contributed by atoms with Gasteiger partial charge in [-0.05, 0) is 36.1 Å². The predicted octanol–water partition coefficient (Wildman–Crippen LogP) is 2.86. The van der Waals surface area contributed by atoms with E-state index in [4.69, 9.17) is 5.11 Å². The first-order valence-corrected chi connectivity index (χ1v) is 7.13. The Morgan fingerprint density at radius 2 is 1.55 bits per heavy atom. The van der Waals surface area contributed by atoms with Gasteiger partial charge in [0.15, 0.2) is 0 Å². The molecule has 1 aromatic rings. The summed E-state index contributed by atoms with van der Waals surface area (Å²) in [5.74, 6) is -1.29. The van der Waals surface area contributed by atoms with E-state index in [0.717, 1.165) is 0 Å². The van der Waals surface area contributed by atoms with Gasteiger partial charge in [0.05, 0.1) is 6.42 Å². The van der Waals surface area contributed by atoms with Gasteiger partial charge in [0.25, 0.3) is 0 Å². The van der Waals surface area contributed by atoms with E-state index < -0.39 is 11.4 Å². The highest BCUT2D eigenvalue weighted by atomic mass is 16.4. The molecule has 0 aliphatic rings. The lowest BCUT2D eigenvalue weighted by molar-refractivity contribution is -0.140. The molecular formula is C16H22N2O4. The van der Waals surface area contributed by atoms with Crippen LogP contribution in [0.5, 0.6) is 0 Å². The van der Waals surface area contributed by atoms with Gasteiger partial charge in [-0.2, -0.15) is 0 Å². The fourth-order valence-electron chi connectivity index (χ4n) is 2.11. The van der Waals surface area contributed by atoms with Crippen molar-refractivity contribution in [2.75, 3.05) is 10.6 Å². The first-order valence-electron chi connectivity index (χ1n) is 7.13. The van der Waals surface area contributed by atoms with Crippen molar-refractivity contribution in [3.63, 3.8) is 0 Å². The molecule has 0 unspecified atom stereocenters. The second-order valence-corrected chi connectivity index (χ2v) is 5.72. The van der Waals surface area contributed by atoms with Crippen LogP contribution in [-0.2, 0) is 14.4 Å². The second kappa shape index (κ2) is 7.59. The van der Waals surface area contributed by atoms with E-state index in [0.29, 0.717) is 17.8 Å². The largest absolute Gasteiger partial charge is 0.481 e. The third-order valence-corrected chi connectivity index (χ3v) is 3.51. The number of carboxylic acid groups (broad SMARTS) is 1. The number of nitrogens with one attached hydrogen (secondary N) is 2. The van der Waals surface area contributed by atoms with Crippen LogP contribution in [-0.4, -0.2) is 22.9 Å². The minimum Gasteiger partial charge on any atom is -0.481 e. The summed E-state index contributed by atoms with van der Waals surface area (Å²) >= 11 is 0. The van der Waals surface area contributed by atoms with Crippen molar-refractivity contribution in [1.29, 1.82) is 0 Å². The van der Waals surface area contributed by atoms with E-state index in [9.17, 15) is 14.4 Å². The molecule has 120 valence electrons. The maximum absolute atomic E-state index is 12.1. The molecule has 22 heavy (non-hydrogen) atoms. The summed E-state index contributed by atoms with van der Waals surface area (Å²) in [5, 5.41) is 14.3. The lowest BCUT2D eigenvalue weighted by Crippen LogP contribution is -2.27. The van der Waals surface area contributed by atoms with E-state index in [1.807, 2.05) is 6.92 Å². The van der Waals surface area contributed by atoms with Gasteiger partial charge in [-0.3, -0.25) is 14.4 Å². The number of carboxylic acids is 1. The molecule has 0 bridgehead atoms. The quantitative estimate of drug-likeness (QED) is 0.721. The maximum Gasteiger partial charge on any atom is 0.303 e. The van der Waals surface area contributed by atoms with Crippen LogP contribution >= 0.6 is 0 Å². The minimum atomic E-state index is -0.906. The normalized spacial score (nSPS) is 13.0. The minimum absolute atomic E-state index is 0.0433. The topological polar surface area (TPSA) is 95.5 Å². The number of benzene rings is 1. The molecule has 2 amide bonds. The molecule has 1 aromatic carbocycles. The van der Waals surface area contributed by atoms with E-state index in [2.05, 4.69) is 10.6 Å². The van der Waals surface area contributed by atoms with Gasteiger partial charge in [-0.1, -0.05) is 13.8 Å². The summed E-state index contributed by atoms with van der Waals surface area (Å²) in [6.07, 6.45) is 0.704. The van der Waals surface area contributed by atoms with Crippen LogP contribution < -0.4 is 10.6 Å². The van der Waals surface area contributed by atoms with Crippen molar-refractivity contribution in [3.05, 3.63) is 24.3 Å². The van der Waals surface area contributed by atoms with E-state index >= 15 is 0 Å². The molecule has 3 N–H and O–H groups in total. The van der Waals surface area contributed by atoms with Crippen LogP contribution in [0.2, 0.25) is 0 Å². The zero-order chi connectivity index (χ0) is 16.8. The summed E-state index contributed by atoms with van der Waals surface area (Å²) in [6, 6.07) is 6.74. The van der Waals surface area contributed by atoms with E-state index in [1.54, 1.807) is 31.2 Å². The Bertz CT molecular complexity index is 554. The number of hydrogen-bond acceptors (Lipinski definition) is 3. The first-order chi connectivity index (χ1) is 10.2. The van der Waals surface area contributed by atoms with Crippen molar-refractivity contribution in [2.24, 2.45) is 5.41 Å². The van der Waals surface area contributed by atoms with E-state index in [-0.39, 0.29) is 24.7 Å². The summed E-state index contributed by atoms with van der Waals surface area (Å²) in [5.41, 5.74) is 0.689. The van der Waals surface area contributed by atoms with Gasteiger partial charge in [-0.25, -0.2) is 0 Å². The zero-order valence-corrected chi connectivity index (χ0v) is 13.1. The molecule has 0 aliphatic carbocycles. The van der Waals surface area contributed by atoms with Gasteiger partial charge in [0.1, 0.15) is 0 Å². The molecule has 1 atom stereocenters. The lowest BCUT2D eigenvalue weighted by Gasteiger charge is -2.25. The van der Waals surface area contributed by atoms with Gasteiger partial charge >= 0.3 is 5.97 Å². The molecule has 0 aliphatic heterocycles. The molecule has 0 heterocycles. The Morgan fingerprint density at radius 3 is 1.95 bits per heavy atom. The van der Waals surface area contributed by atoms with Crippen LogP contribution in [0.3, 0.4) is 0 Å². The fourth-order valence-corrected chi connectivity index (χ4v) is 2.11. The monoisotopic (exact) mass is 306 g/mol. The van der Waals surface area contributed by atoms with Crippen molar-refractivity contribution >= 4 is 29.2 Å². The molecule has 0 spiro atoms. The molecule has 0 aromatic heterocycles. The summed E-state index contributed by atoms with van der Waals surface area (Å²) in [4.78, 5) is 33.9. The highest BCUT2D eigenvalue weighted by molar-refractivity contribution is 5.92. The third kappa shape index (κ3) is 5.95.